The summed E-state index contributed by atoms with van der Waals surface area (Å²) in [6, 6.07) is 0. The topological polar surface area (TPSA) is 58.9 Å². The summed E-state index contributed by atoms with van der Waals surface area (Å²) in [5, 5.41) is 18.3. The molecule has 1 aliphatic heterocycles. The van der Waals surface area contributed by atoms with E-state index in [4.69, 9.17) is 19.7 Å². The summed E-state index contributed by atoms with van der Waals surface area (Å²) in [6.07, 6.45) is 5.57. The van der Waals surface area contributed by atoms with E-state index in [1.54, 1.807) is 0 Å². The Kier molecular flexibility index (Phi) is 6.28. The van der Waals surface area contributed by atoms with Gasteiger partial charge in [-0.2, -0.15) is 0 Å². The zero-order valence-electron chi connectivity index (χ0n) is 10.2. The van der Waals surface area contributed by atoms with Gasteiger partial charge in [0.25, 0.3) is 0 Å². The van der Waals surface area contributed by atoms with Crippen molar-refractivity contribution in [2.75, 3.05) is 26.4 Å². The summed E-state index contributed by atoms with van der Waals surface area (Å²) >= 11 is 0. The summed E-state index contributed by atoms with van der Waals surface area (Å²) < 4.78 is 11.0. The highest BCUT2D eigenvalue weighted by molar-refractivity contribution is 4.80. The molecule has 1 rings (SSSR count). The van der Waals surface area contributed by atoms with Gasteiger partial charge in [-0.3, -0.25) is 0 Å². The summed E-state index contributed by atoms with van der Waals surface area (Å²) in [5.41, 5.74) is -0.597. The maximum absolute atomic E-state index is 9.15. The molecule has 4 heteroatoms. The zero-order chi connectivity index (χ0) is 11.9. The van der Waals surface area contributed by atoms with Crippen LogP contribution in [0, 0.1) is 5.41 Å². The molecule has 0 radical (unpaired) electrons. The van der Waals surface area contributed by atoms with E-state index in [1.165, 1.54) is 19.3 Å². The Labute approximate surface area is 97.6 Å². The number of aliphatic hydroxyl groups excluding tert-OH is 2. The highest BCUT2D eigenvalue weighted by Crippen LogP contribution is 2.25. The molecule has 1 saturated heterocycles. The minimum Gasteiger partial charge on any atom is -0.396 e. The third kappa shape index (κ3) is 4.01. The van der Waals surface area contributed by atoms with Gasteiger partial charge in [0, 0.05) is 0 Å². The van der Waals surface area contributed by atoms with Crippen LogP contribution in [-0.4, -0.2) is 42.9 Å². The van der Waals surface area contributed by atoms with Gasteiger partial charge >= 0.3 is 0 Å². The second-order valence-corrected chi connectivity index (χ2v) is 4.72. The third-order valence-corrected chi connectivity index (χ3v) is 3.12. The Morgan fingerprint density at radius 1 is 1.06 bits per heavy atom. The molecule has 96 valence electrons. The average molecular weight is 232 g/mol. The molecule has 4 nitrogen and oxygen atoms in total. The second kappa shape index (κ2) is 7.22. The lowest BCUT2D eigenvalue weighted by atomic mass is 9.91. The minimum atomic E-state index is -0.597. The smallest absolute Gasteiger partial charge is 0.157 e. The molecule has 1 heterocycles. The Morgan fingerprint density at radius 3 is 2.19 bits per heavy atom. The fourth-order valence-corrected chi connectivity index (χ4v) is 1.77. The van der Waals surface area contributed by atoms with Gasteiger partial charge in [-0.15, -0.1) is 0 Å². The van der Waals surface area contributed by atoms with Crippen molar-refractivity contribution in [1.29, 1.82) is 0 Å². The standard InChI is InChI=1S/C12H24O4/c1-2-3-4-5-6-11-15-9-12(7-13,8-14)10-16-11/h11,13-14H,2-10H2,1H3. The predicted octanol–water partition coefficient (Wildman–Crippen LogP) is 1.30. The predicted molar refractivity (Wildman–Crippen MR) is 61.1 cm³/mol. The van der Waals surface area contributed by atoms with E-state index in [0.29, 0.717) is 13.2 Å². The van der Waals surface area contributed by atoms with E-state index in [-0.39, 0.29) is 19.5 Å². The maximum Gasteiger partial charge on any atom is 0.157 e. The van der Waals surface area contributed by atoms with Gasteiger partial charge in [-0.25, -0.2) is 0 Å². The van der Waals surface area contributed by atoms with Crippen LogP contribution in [0.2, 0.25) is 0 Å². The summed E-state index contributed by atoms with van der Waals surface area (Å²) in [6.45, 7) is 2.78. The van der Waals surface area contributed by atoms with Gasteiger partial charge in [0.1, 0.15) is 0 Å². The van der Waals surface area contributed by atoms with E-state index >= 15 is 0 Å². The first-order valence-corrected chi connectivity index (χ1v) is 6.21. The monoisotopic (exact) mass is 232 g/mol. The zero-order valence-corrected chi connectivity index (χ0v) is 10.2. The minimum absolute atomic E-state index is 0.0912. The van der Waals surface area contributed by atoms with Crippen LogP contribution < -0.4 is 0 Å². The summed E-state index contributed by atoms with van der Waals surface area (Å²) in [7, 11) is 0. The highest BCUT2D eigenvalue weighted by atomic mass is 16.7. The van der Waals surface area contributed by atoms with Crippen LogP contribution in [0.4, 0.5) is 0 Å². The van der Waals surface area contributed by atoms with Crippen LogP contribution in [0.3, 0.4) is 0 Å². The van der Waals surface area contributed by atoms with Crippen molar-refractivity contribution in [3.05, 3.63) is 0 Å². The molecule has 0 aromatic carbocycles. The molecule has 0 aromatic heterocycles. The Morgan fingerprint density at radius 2 is 1.69 bits per heavy atom. The van der Waals surface area contributed by atoms with Gasteiger partial charge in [0.2, 0.25) is 0 Å². The van der Waals surface area contributed by atoms with Crippen molar-refractivity contribution in [1.82, 2.24) is 0 Å². The SMILES string of the molecule is CCCCCCC1OCC(CO)(CO)CO1. The van der Waals surface area contributed by atoms with E-state index in [1.807, 2.05) is 0 Å². The van der Waals surface area contributed by atoms with Crippen LogP contribution in [0.5, 0.6) is 0 Å². The summed E-state index contributed by atoms with van der Waals surface area (Å²) in [5.74, 6) is 0. The van der Waals surface area contributed by atoms with E-state index in [2.05, 4.69) is 6.92 Å². The van der Waals surface area contributed by atoms with Crippen molar-refractivity contribution in [3.8, 4) is 0 Å². The van der Waals surface area contributed by atoms with Crippen LogP contribution in [0.15, 0.2) is 0 Å². The second-order valence-electron chi connectivity index (χ2n) is 4.72. The van der Waals surface area contributed by atoms with E-state index in [9.17, 15) is 0 Å². The number of ether oxygens (including phenoxy) is 2. The average Bonchev–Trinajstić information content (AvgIpc) is 2.36. The van der Waals surface area contributed by atoms with Gasteiger partial charge in [0.05, 0.1) is 31.8 Å². The van der Waals surface area contributed by atoms with Crippen molar-refractivity contribution in [3.63, 3.8) is 0 Å². The largest absolute Gasteiger partial charge is 0.396 e. The first-order chi connectivity index (χ1) is 7.76. The maximum atomic E-state index is 9.15. The third-order valence-electron chi connectivity index (χ3n) is 3.12. The molecule has 0 amide bonds. The Hall–Kier alpha value is -0.160. The number of hydrogen-bond acceptors (Lipinski definition) is 4. The van der Waals surface area contributed by atoms with Gasteiger partial charge in [-0.05, 0) is 12.8 Å². The molecular formula is C12H24O4. The quantitative estimate of drug-likeness (QED) is 0.650. The normalized spacial score (nSPS) is 21.2. The molecular weight excluding hydrogens is 208 g/mol. The molecule has 16 heavy (non-hydrogen) atoms. The lowest BCUT2D eigenvalue weighted by molar-refractivity contribution is -0.245. The first-order valence-electron chi connectivity index (χ1n) is 6.21. The number of rotatable bonds is 7. The number of unbranched alkanes of at least 4 members (excludes halogenated alkanes) is 3. The number of hydrogen-bond donors (Lipinski definition) is 2. The molecule has 0 bridgehead atoms. The Balaban J connectivity index is 2.16. The molecule has 0 aromatic rings. The molecule has 0 spiro atoms. The van der Waals surface area contributed by atoms with Gasteiger partial charge in [-0.1, -0.05) is 26.2 Å². The molecule has 1 fully saturated rings. The molecule has 0 unspecified atom stereocenters. The van der Waals surface area contributed by atoms with Crippen molar-refractivity contribution >= 4 is 0 Å². The van der Waals surface area contributed by atoms with Gasteiger partial charge in [0.15, 0.2) is 6.29 Å². The molecule has 1 aliphatic rings. The van der Waals surface area contributed by atoms with Crippen molar-refractivity contribution in [2.45, 2.75) is 45.3 Å². The molecule has 0 saturated carbocycles. The van der Waals surface area contributed by atoms with Crippen LogP contribution in [-0.2, 0) is 9.47 Å². The van der Waals surface area contributed by atoms with Gasteiger partial charge < -0.3 is 19.7 Å². The van der Waals surface area contributed by atoms with Crippen LogP contribution in [0.1, 0.15) is 39.0 Å². The lowest BCUT2D eigenvalue weighted by Gasteiger charge is -2.37. The van der Waals surface area contributed by atoms with E-state index in [0.717, 1.165) is 12.8 Å². The Bertz CT molecular complexity index is 170. The fourth-order valence-electron chi connectivity index (χ4n) is 1.77. The van der Waals surface area contributed by atoms with Crippen LogP contribution >= 0.6 is 0 Å². The number of aliphatic hydroxyl groups is 2. The first kappa shape index (κ1) is 13.9. The molecule has 0 aliphatic carbocycles. The van der Waals surface area contributed by atoms with Crippen molar-refractivity contribution in [2.24, 2.45) is 5.41 Å². The highest BCUT2D eigenvalue weighted by Gasteiger charge is 2.35. The lowest BCUT2D eigenvalue weighted by Crippen LogP contribution is -2.46. The fraction of sp³-hybridized carbons (Fsp3) is 1.00. The molecule has 0 atom stereocenters. The van der Waals surface area contributed by atoms with Crippen LogP contribution in [0.25, 0.3) is 0 Å². The molecule has 2 N–H and O–H groups in total. The van der Waals surface area contributed by atoms with E-state index < -0.39 is 5.41 Å². The van der Waals surface area contributed by atoms with Crippen molar-refractivity contribution < 1.29 is 19.7 Å². The summed E-state index contributed by atoms with van der Waals surface area (Å²) in [4.78, 5) is 0.